The molecule has 156 valence electrons. The Morgan fingerprint density at radius 1 is 0.815 bits per heavy atom. The van der Waals surface area contributed by atoms with Crippen LogP contribution >= 0.6 is 0 Å². The molecule has 0 N–H and O–H groups in total. The first-order valence-corrected chi connectivity index (χ1v) is 12.2. The van der Waals surface area contributed by atoms with Crippen molar-refractivity contribution >= 4 is 0 Å². The van der Waals surface area contributed by atoms with Crippen molar-refractivity contribution in [1.29, 1.82) is 0 Å². The van der Waals surface area contributed by atoms with Gasteiger partial charge in [0.05, 0.1) is 0 Å². The Kier molecular flexibility index (Phi) is 6.21. The number of nitrogens with zero attached hydrogens (tertiary/aromatic N) is 3. The standard InChI is InChI=1S/C24H45N3/c1-4-25-13-15-26(16-14-25)19-22-17-24(18-22)9-11-27(12-10-24)20-23(7-8-23)6-5-21(2)3/h21-22H,4-20H2,1-3H3. The minimum Gasteiger partial charge on any atom is -0.303 e. The van der Waals surface area contributed by atoms with Crippen molar-refractivity contribution < 1.29 is 0 Å². The van der Waals surface area contributed by atoms with Gasteiger partial charge in [0, 0.05) is 39.3 Å². The van der Waals surface area contributed by atoms with E-state index in [0.29, 0.717) is 0 Å². The molecule has 0 amide bonds. The van der Waals surface area contributed by atoms with Gasteiger partial charge in [-0.1, -0.05) is 27.2 Å². The fourth-order valence-electron chi connectivity index (χ4n) is 6.27. The maximum absolute atomic E-state index is 2.84. The molecule has 4 fully saturated rings. The minimum absolute atomic E-state index is 0.734. The van der Waals surface area contributed by atoms with Crippen LogP contribution in [0, 0.1) is 22.7 Å². The van der Waals surface area contributed by atoms with Gasteiger partial charge in [0.15, 0.2) is 0 Å². The first-order valence-electron chi connectivity index (χ1n) is 12.2. The van der Waals surface area contributed by atoms with E-state index in [0.717, 1.165) is 22.7 Å². The summed E-state index contributed by atoms with van der Waals surface area (Å²) < 4.78 is 0. The molecule has 1 spiro atoms. The van der Waals surface area contributed by atoms with Gasteiger partial charge < -0.3 is 14.7 Å². The Morgan fingerprint density at radius 3 is 2.00 bits per heavy atom. The third-order valence-corrected chi connectivity index (χ3v) is 8.56. The molecule has 27 heavy (non-hydrogen) atoms. The van der Waals surface area contributed by atoms with Crippen LogP contribution in [0.1, 0.15) is 72.1 Å². The molecule has 2 saturated carbocycles. The smallest absolute Gasteiger partial charge is 0.0110 e. The quantitative estimate of drug-likeness (QED) is 0.625. The van der Waals surface area contributed by atoms with E-state index >= 15 is 0 Å². The number of hydrogen-bond donors (Lipinski definition) is 0. The van der Waals surface area contributed by atoms with Crippen LogP contribution in [0.5, 0.6) is 0 Å². The molecule has 2 aliphatic carbocycles. The van der Waals surface area contributed by atoms with E-state index in [1.807, 2.05) is 0 Å². The molecule has 2 heterocycles. The van der Waals surface area contributed by atoms with Crippen molar-refractivity contribution in [2.45, 2.75) is 72.1 Å². The molecule has 0 atom stereocenters. The Bertz CT molecular complexity index is 460. The topological polar surface area (TPSA) is 9.72 Å². The van der Waals surface area contributed by atoms with Crippen LogP contribution in [-0.4, -0.2) is 73.6 Å². The van der Waals surface area contributed by atoms with Gasteiger partial charge in [-0.2, -0.15) is 0 Å². The summed E-state index contributed by atoms with van der Waals surface area (Å²) in [6, 6.07) is 0. The Morgan fingerprint density at radius 2 is 1.44 bits per heavy atom. The lowest BCUT2D eigenvalue weighted by molar-refractivity contribution is -0.0340. The van der Waals surface area contributed by atoms with Gasteiger partial charge in [-0.25, -0.2) is 0 Å². The van der Waals surface area contributed by atoms with Crippen LogP contribution < -0.4 is 0 Å². The normalized spacial score (nSPS) is 29.3. The number of piperidine rings is 1. The molecule has 0 radical (unpaired) electrons. The van der Waals surface area contributed by atoms with Crippen molar-refractivity contribution in [3.8, 4) is 0 Å². The molecule has 0 aromatic rings. The average molecular weight is 376 g/mol. The van der Waals surface area contributed by atoms with Crippen LogP contribution in [0.25, 0.3) is 0 Å². The molecule has 4 rings (SSSR count). The molecular weight excluding hydrogens is 330 g/mol. The molecule has 0 unspecified atom stereocenters. The minimum atomic E-state index is 0.734. The summed E-state index contributed by atoms with van der Waals surface area (Å²) in [5.74, 6) is 1.88. The summed E-state index contributed by atoms with van der Waals surface area (Å²) in [5.41, 5.74) is 1.48. The second-order valence-corrected chi connectivity index (χ2v) is 11.2. The summed E-state index contributed by atoms with van der Waals surface area (Å²) in [6.45, 7) is 19.1. The third kappa shape index (κ3) is 5.08. The Balaban J connectivity index is 1.14. The molecular formula is C24H45N3. The zero-order chi connectivity index (χ0) is 18.9. The molecule has 0 bridgehead atoms. The van der Waals surface area contributed by atoms with Crippen molar-refractivity contribution in [3.63, 3.8) is 0 Å². The largest absolute Gasteiger partial charge is 0.303 e. The number of likely N-dealkylation sites (N-methyl/N-ethyl adjacent to an activating group) is 1. The van der Waals surface area contributed by atoms with Crippen LogP contribution in [0.2, 0.25) is 0 Å². The SMILES string of the molecule is CCN1CCN(CC2CC3(CCN(CC4(CCC(C)C)CC4)CC3)C2)CC1. The van der Waals surface area contributed by atoms with Crippen LogP contribution in [0.3, 0.4) is 0 Å². The van der Waals surface area contributed by atoms with Crippen LogP contribution in [0.4, 0.5) is 0 Å². The van der Waals surface area contributed by atoms with Gasteiger partial charge in [0.1, 0.15) is 0 Å². The Hall–Kier alpha value is -0.120. The van der Waals surface area contributed by atoms with E-state index in [2.05, 4.69) is 35.5 Å². The highest BCUT2D eigenvalue weighted by molar-refractivity contribution is 5.01. The maximum atomic E-state index is 2.84. The molecule has 0 aromatic carbocycles. The van der Waals surface area contributed by atoms with Crippen molar-refractivity contribution in [2.75, 3.05) is 58.9 Å². The molecule has 4 aliphatic rings. The van der Waals surface area contributed by atoms with Gasteiger partial charge in [0.2, 0.25) is 0 Å². The molecule has 2 aliphatic heterocycles. The third-order valence-electron chi connectivity index (χ3n) is 8.56. The van der Waals surface area contributed by atoms with Crippen molar-refractivity contribution in [1.82, 2.24) is 14.7 Å². The number of piperazine rings is 1. The van der Waals surface area contributed by atoms with Gasteiger partial charge in [-0.3, -0.25) is 0 Å². The summed E-state index contributed by atoms with van der Waals surface area (Å²) in [5, 5.41) is 0. The van der Waals surface area contributed by atoms with E-state index < -0.39 is 0 Å². The fourth-order valence-corrected chi connectivity index (χ4v) is 6.27. The van der Waals surface area contributed by atoms with Crippen molar-refractivity contribution in [3.05, 3.63) is 0 Å². The predicted octanol–water partition coefficient (Wildman–Crippen LogP) is 4.33. The van der Waals surface area contributed by atoms with Gasteiger partial charge in [-0.05, 0) is 87.2 Å². The molecule has 3 heteroatoms. The summed E-state index contributed by atoms with van der Waals surface area (Å²) in [7, 11) is 0. The summed E-state index contributed by atoms with van der Waals surface area (Å²) in [4.78, 5) is 8.20. The lowest BCUT2D eigenvalue weighted by Gasteiger charge is -2.54. The molecule has 0 aromatic heterocycles. The van der Waals surface area contributed by atoms with Crippen molar-refractivity contribution in [2.24, 2.45) is 22.7 Å². The van der Waals surface area contributed by atoms with E-state index in [9.17, 15) is 0 Å². The number of likely N-dealkylation sites (tertiary alicyclic amines) is 1. The van der Waals surface area contributed by atoms with Gasteiger partial charge >= 0.3 is 0 Å². The van der Waals surface area contributed by atoms with E-state index in [-0.39, 0.29) is 0 Å². The van der Waals surface area contributed by atoms with E-state index in [1.54, 1.807) is 0 Å². The first-order chi connectivity index (χ1) is 13.0. The zero-order valence-corrected chi connectivity index (χ0v) is 18.5. The van der Waals surface area contributed by atoms with Crippen LogP contribution in [-0.2, 0) is 0 Å². The highest BCUT2D eigenvalue weighted by atomic mass is 15.3. The number of hydrogen-bond acceptors (Lipinski definition) is 3. The Labute approximate surface area is 168 Å². The summed E-state index contributed by atoms with van der Waals surface area (Å²) in [6.07, 6.45) is 12.0. The van der Waals surface area contributed by atoms with Gasteiger partial charge in [-0.15, -0.1) is 0 Å². The number of rotatable bonds is 8. The first kappa shape index (κ1) is 20.2. The van der Waals surface area contributed by atoms with Crippen LogP contribution in [0.15, 0.2) is 0 Å². The predicted molar refractivity (Wildman–Crippen MR) is 115 cm³/mol. The zero-order valence-electron chi connectivity index (χ0n) is 18.5. The van der Waals surface area contributed by atoms with Gasteiger partial charge in [0.25, 0.3) is 0 Å². The second-order valence-electron chi connectivity index (χ2n) is 11.2. The maximum Gasteiger partial charge on any atom is 0.0110 e. The second kappa shape index (κ2) is 8.32. The molecule has 3 nitrogen and oxygen atoms in total. The molecule has 2 saturated heterocycles. The van der Waals surface area contributed by atoms with E-state index in [1.165, 1.54) is 110 Å². The fraction of sp³-hybridized carbons (Fsp3) is 1.00. The highest BCUT2D eigenvalue weighted by Gasteiger charge is 2.48. The lowest BCUT2D eigenvalue weighted by atomic mass is 9.57. The highest BCUT2D eigenvalue weighted by Crippen LogP contribution is 2.55. The summed E-state index contributed by atoms with van der Waals surface area (Å²) >= 11 is 0. The monoisotopic (exact) mass is 375 g/mol. The lowest BCUT2D eigenvalue weighted by Crippen LogP contribution is -2.53. The van der Waals surface area contributed by atoms with E-state index in [4.69, 9.17) is 0 Å². The average Bonchev–Trinajstić information content (AvgIpc) is 3.41.